The summed E-state index contributed by atoms with van der Waals surface area (Å²) in [6, 6.07) is 5.81. The predicted octanol–water partition coefficient (Wildman–Crippen LogP) is 2.07. The van der Waals surface area contributed by atoms with Gasteiger partial charge < -0.3 is 19.9 Å². The van der Waals surface area contributed by atoms with Crippen LogP contribution in [0.3, 0.4) is 0 Å². The van der Waals surface area contributed by atoms with Crippen LogP contribution in [0.4, 0.5) is 4.79 Å². The number of ether oxygens (including phenoxy) is 1. The average Bonchev–Trinajstić information content (AvgIpc) is 2.53. The minimum Gasteiger partial charge on any atom is -0.444 e. The van der Waals surface area contributed by atoms with Gasteiger partial charge in [-0.15, -0.1) is 0 Å². The number of likely N-dealkylation sites (N-methyl/N-ethyl adjacent to an activating group) is 1. The second-order valence-electron chi connectivity index (χ2n) is 8.53. The summed E-state index contributed by atoms with van der Waals surface area (Å²) >= 11 is 0. The quantitative estimate of drug-likeness (QED) is 0.852. The van der Waals surface area contributed by atoms with Crippen LogP contribution in [0.25, 0.3) is 0 Å². The number of carbonyl (C=O) groups is 2. The highest BCUT2D eigenvalue weighted by molar-refractivity contribution is 5.79. The van der Waals surface area contributed by atoms with E-state index < -0.39 is 11.1 Å². The summed E-state index contributed by atoms with van der Waals surface area (Å²) in [5.74, 6) is -0.0124. The molecule has 0 unspecified atom stereocenters. The number of carbonyl (C=O) groups excluding carboxylic acids is 2. The van der Waals surface area contributed by atoms with E-state index in [1.807, 2.05) is 58.0 Å². The van der Waals surface area contributed by atoms with Crippen LogP contribution in [0, 0.1) is 0 Å². The summed E-state index contributed by atoms with van der Waals surface area (Å²) in [4.78, 5) is 32.8. The van der Waals surface area contributed by atoms with Gasteiger partial charge in [0.15, 0.2) is 0 Å². The molecule has 0 radical (unpaired) electrons. The third-order valence-corrected chi connectivity index (χ3v) is 4.48. The van der Waals surface area contributed by atoms with E-state index in [1.54, 1.807) is 11.1 Å². The molecule has 0 atom stereocenters. The van der Waals surface area contributed by atoms with E-state index in [-0.39, 0.29) is 12.0 Å². The highest BCUT2D eigenvalue weighted by atomic mass is 16.6. The van der Waals surface area contributed by atoms with Crippen molar-refractivity contribution in [3.63, 3.8) is 0 Å². The average molecular weight is 377 g/mol. The Hall–Kier alpha value is -2.15. The Morgan fingerprint density at radius 3 is 2.44 bits per heavy atom. The van der Waals surface area contributed by atoms with Crippen LogP contribution in [-0.4, -0.2) is 71.7 Å². The smallest absolute Gasteiger partial charge is 0.410 e. The molecule has 0 spiro atoms. The molecule has 1 saturated heterocycles. The van der Waals surface area contributed by atoms with Crippen LogP contribution < -0.4 is 5.32 Å². The second-order valence-corrected chi connectivity index (χ2v) is 8.53. The van der Waals surface area contributed by atoms with E-state index in [4.69, 9.17) is 4.74 Å². The lowest BCUT2D eigenvalue weighted by Crippen LogP contribution is -2.58. The molecule has 1 aliphatic heterocycles. The molecule has 2 heterocycles. The van der Waals surface area contributed by atoms with Crippen LogP contribution in [0.5, 0.6) is 0 Å². The lowest BCUT2D eigenvalue weighted by atomic mass is 9.83. The van der Waals surface area contributed by atoms with E-state index in [0.717, 1.165) is 5.69 Å². The van der Waals surface area contributed by atoms with Gasteiger partial charge in [0.2, 0.25) is 5.91 Å². The Morgan fingerprint density at radius 2 is 1.93 bits per heavy atom. The number of nitrogens with one attached hydrogen (secondary N) is 1. The molecule has 7 heteroatoms. The molecule has 0 saturated carbocycles. The van der Waals surface area contributed by atoms with Gasteiger partial charge in [-0.05, 0) is 59.8 Å². The molecule has 1 aromatic heterocycles. The number of pyridine rings is 1. The zero-order chi connectivity index (χ0) is 20.1. The topological polar surface area (TPSA) is 74.8 Å². The fourth-order valence-corrected chi connectivity index (χ4v) is 3.26. The Balaban J connectivity index is 2.08. The van der Waals surface area contributed by atoms with Gasteiger partial charge >= 0.3 is 6.09 Å². The van der Waals surface area contributed by atoms with E-state index in [1.165, 1.54) is 0 Å². The molecule has 0 aliphatic carbocycles. The fraction of sp³-hybridized carbons (Fsp3) is 0.650. The molecule has 1 aliphatic rings. The van der Waals surface area contributed by atoms with Crippen LogP contribution >= 0.6 is 0 Å². The number of amides is 2. The molecule has 2 rings (SSSR count). The maximum absolute atomic E-state index is 12.4. The van der Waals surface area contributed by atoms with Crippen LogP contribution in [0.1, 0.15) is 39.3 Å². The van der Waals surface area contributed by atoms with Gasteiger partial charge in [-0.3, -0.25) is 9.78 Å². The summed E-state index contributed by atoms with van der Waals surface area (Å²) in [7, 11) is 3.74. The molecule has 0 aromatic carbocycles. The predicted molar refractivity (Wildman–Crippen MR) is 104 cm³/mol. The number of aromatic nitrogens is 1. The van der Waals surface area contributed by atoms with Gasteiger partial charge in [0.1, 0.15) is 5.60 Å². The minimum absolute atomic E-state index is 0.0124. The second kappa shape index (κ2) is 8.69. The Morgan fingerprint density at radius 1 is 1.26 bits per heavy atom. The summed E-state index contributed by atoms with van der Waals surface area (Å²) in [5, 5.41) is 3.22. The van der Waals surface area contributed by atoms with Gasteiger partial charge in [0.25, 0.3) is 0 Å². The molecular formula is C20H32N4O3. The van der Waals surface area contributed by atoms with Crippen molar-refractivity contribution in [3.8, 4) is 0 Å². The van der Waals surface area contributed by atoms with Crippen molar-refractivity contribution in [1.82, 2.24) is 20.1 Å². The lowest BCUT2D eigenvalue weighted by Gasteiger charge is -2.42. The maximum Gasteiger partial charge on any atom is 0.410 e. The molecule has 1 aromatic rings. The first-order chi connectivity index (χ1) is 12.6. The first-order valence-corrected chi connectivity index (χ1v) is 9.42. The first kappa shape index (κ1) is 21.2. The zero-order valence-corrected chi connectivity index (χ0v) is 17.1. The maximum atomic E-state index is 12.4. The van der Waals surface area contributed by atoms with Crippen LogP contribution in [-0.2, 0) is 16.0 Å². The molecule has 150 valence electrons. The molecule has 2 amide bonds. The van der Waals surface area contributed by atoms with Crippen molar-refractivity contribution in [1.29, 1.82) is 0 Å². The highest BCUT2D eigenvalue weighted by Gasteiger charge is 2.38. The molecular weight excluding hydrogens is 344 g/mol. The number of hydrogen-bond acceptors (Lipinski definition) is 5. The van der Waals surface area contributed by atoms with Crippen molar-refractivity contribution >= 4 is 12.0 Å². The number of rotatable bonds is 5. The van der Waals surface area contributed by atoms with Crippen molar-refractivity contribution in [2.45, 2.75) is 51.2 Å². The minimum atomic E-state index is -0.514. The van der Waals surface area contributed by atoms with E-state index in [2.05, 4.69) is 10.3 Å². The molecule has 1 N–H and O–H groups in total. The van der Waals surface area contributed by atoms with Gasteiger partial charge in [0.05, 0.1) is 6.54 Å². The number of hydrogen-bond donors (Lipinski definition) is 1. The number of likely N-dealkylation sites (tertiary alicyclic amines) is 1. The lowest BCUT2D eigenvalue weighted by molar-refractivity contribution is -0.124. The van der Waals surface area contributed by atoms with Crippen molar-refractivity contribution in [3.05, 3.63) is 30.1 Å². The Kier molecular flexibility index (Phi) is 6.81. The fourth-order valence-electron chi connectivity index (χ4n) is 3.26. The van der Waals surface area contributed by atoms with Crippen molar-refractivity contribution in [2.24, 2.45) is 0 Å². The SMILES string of the molecule is CN(C)CC(=O)NC1(Cc2ccccn2)CCN(C(=O)OC(C)(C)C)CC1. The largest absolute Gasteiger partial charge is 0.444 e. The highest BCUT2D eigenvalue weighted by Crippen LogP contribution is 2.27. The van der Waals surface area contributed by atoms with E-state index in [0.29, 0.717) is 38.9 Å². The molecule has 0 bridgehead atoms. The summed E-state index contributed by atoms with van der Waals surface area (Å²) in [6.07, 6.45) is 3.45. The van der Waals surface area contributed by atoms with Crippen LogP contribution in [0.2, 0.25) is 0 Å². The van der Waals surface area contributed by atoms with Crippen molar-refractivity contribution in [2.75, 3.05) is 33.7 Å². The number of nitrogens with zero attached hydrogens (tertiary/aromatic N) is 3. The third-order valence-electron chi connectivity index (χ3n) is 4.48. The summed E-state index contributed by atoms with van der Waals surface area (Å²) in [6.45, 7) is 7.01. The zero-order valence-electron chi connectivity index (χ0n) is 17.1. The monoisotopic (exact) mass is 376 g/mol. The molecule has 7 nitrogen and oxygen atoms in total. The first-order valence-electron chi connectivity index (χ1n) is 9.42. The Bertz CT molecular complexity index is 632. The molecule has 27 heavy (non-hydrogen) atoms. The summed E-state index contributed by atoms with van der Waals surface area (Å²) < 4.78 is 5.48. The van der Waals surface area contributed by atoms with Gasteiger partial charge in [-0.1, -0.05) is 6.07 Å². The standard InChI is InChI=1S/C20H32N4O3/c1-19(2,3)27-18(26)24-12-9-20(10-13-24,22-17(25)15-23(4)5)14-16-8-6-7-11-21-16/h6-8,11H,9-10,12-15H2,1-5H3,(H,22,25). The third kappa shape index (κ3) is 6.82. The Labute approximate surface area is 162 Å². The number of piperidine rings is 1. The molecule has 1 fully saturated rings. The summed E-state index contributed by atoms with van der Waals surface area (Å²) in [5.41, 5.74) is 0.0211. The van der Waals surface area contributed by atoms with Crippen molar-refractivity contribution < 1.29 is 14.3 Å². The normalized spacial score (nSPS) is 16.9. The van der Waals surface area contributed by atoms with Gasteiger partial charge in [0, 0.05) is 36.9 Å². The van der Waals surface area contributed by atoms with E-state index >= 15 is 0 Å². The van der Waals surface area contributed by atoms with Gasteiger partial charge in [-0.2, -0.15) is 0 Å². The van der Waals surface area contributed by atoms with Gasteiger partial charge in [-0.25, -0.2) is 4.79 Å². The van der Waals surface area contributed by atoms with E-state index in [9.17, 15) is 9.59 Å². The van der Waals surface area contributed by atoms with Crippen LogP contribution in [0.15, 0.2) is 24.4 Å².